The number of nitrogens with zero attached hydrogens (tertiary/aromatic N) is 2. The van der Waals surface area contributed by atoms with E-state index in [1.807, 2.05) is 37.3 Å². The molecule has 0 unspecified atom stereocenters. The van der Waals surface area contributed by atoms with Gasteiger partial charge in [-0.25, -0.2) is 4.79 Å². The fraction of sp³-hybridized carbons (Fsp3) is 0.500. The number of benzene rings is 1. The fourth-order valence-corrected chi connectivity index (χ4v) is 4.45. The molecular formula is C20H30N3O6P. The van der Waals surface area contributed by atoms with Gasteiger partial charge in [0.1, 0.15) is 5.82 Å². The minimum Gasteiger partial charge on any atom is -0.404 e. The van der Waals surface area contributed by atoms with Crippen LogP contribution in [-0.4, -0.2) is 41.3 Å². The molecule has 0 radical (unpaired) electrons. The Balaban J connectivity index is 2.13. The van der Waals surface area contributed by atoms with Crippen LogP contribution >= 0.6 is 7.60 Å². The maximum atomic E-state index is 12.8. The molecule has 0 aliphatic rings. The quantitative estimate of drug-likeness (QED) is 0.474. The molecule has 1 aromatic carbocycles. The van der Waals surface area contributed by atoms with E-state index in [1.54, 1.807) is 13.8 Å². The van der Waals surface area contributed by atoms with Crippen LogP contribution < -0.4 is 16.3 Å². The molecule has 9 nitrogen and oxygen atoms in total. The molecule has 10 heteroatoms. The third kappa shape index (κ3) is 7.57. The summed E-state index contributed by atoms with van der Waals surface area (Å²) in [6.07, 6.45) is 0.767. The third-order valence-corrected chi connectivity index (χ3v) is 6.37. The highest BCUT2D eigenvalue weighted by Gasteiger charge is 2.29. The number of hydrogen-bond donors (Lipinski definition) is 1. The molecule has 1 heterocycles. The van der Waals surface area contributed by atoms with E-state index in [9.17, 15) is 9.36 Å². The number of aromatic nitrogens is 2. The molecule has 2 atom stereocenters. The zero-order valence-electron chi connectivity index (χ0n) is 17.6. The Morgan fingerprint density at radius 3 is 2.40 bits per heavy atom. The molecule has 0 aliphatic carbocycles. The SMILES string of the molecule is CCOP(=O)(CC[C@@H](On1ccc(N)nc1=O)[C@H](C)OCc1ccccc1)OCC. The van der Waals surface area contributed by atoms with Crippen LogP contribution in [0.25, 0.3) is 0 Å². The second kappa shape index (κ2) is 11.9. The summed E-state index contributed by atoms with van der Waals surface area (Å²) in [6.45, 7) is 6.24. The predicted octanol–water partition coefficient (Wildman–Crippen LogP) is 2.88. The van der Waals surface area contributed by atoms with Crippen molar-refractivity contribution in [3.8, 4) is 0 Å². The number of anilines is 1. The Bertz CT molecular complexity index is 866. The topological polar surface area (TPSA) is 115 Å². The van der Waals surface area contributed by atoms with Gasteiger partial charge in [0.2, 0.25) is 0 Å². The Kier molecular flexibility index (Phi) is 9.52. The van der Waals surface area contributed by atoms with Crippen molar-refractivity contribution in [2.24, 2.45) is 0 Å². The van der Waals surface area contributed by atoms with Gasteiger partial charge in [0.25, 0.3) is 0 Å². The molecule has 0 spiro atoms. The minimum atomic E-state index is -3.27. The van der Waals surface area contributed by atoms with Crippen molar-refractivity contribution < 1.29 is 23.2 Å². The highest BCUT2D eigenvalue weighted by Crippen LogP contribution is 2.48. The van der Waals surface area contributed by atoms with Crippen molar-refractivity contribution in [2.75, 3.05) is 25.1 Å². The van der Waals surface area contributed by atoms with E-state index in [1.165, 1.54) is 12.3 Å². The maximum absolute atomic E-state index is 12.8. The van der Waals surface area contributed by atoms with Gasteiger partial charge < -0.3 is 24.4 Å². The minimum absolute atomic E-state index is 0.0990. The van der Waals surface area contributed by atoms with Crippen LogP contribution in [-0.2, 0) is 25.0 Å². The first-order chi connectivity index (χ1) is 14.4. The summed E-state index contributed by atoms with van der Waals surface area (Å²) in [4.78, 5) is 21.6. The molecule has 2 rings (SSSR count). The summed E-state index contributed by atoms with van der Waals surface area (Å²) in [5.41, 5.74) is 5.90. The average Bonchev–Trinajstić information content (AvgIpc) is 2.72. The molecular weight excluding hydrogens is 409 g/mol. The number of nitrogens with two attached hydrogens (primary N) is 1. The van der Waals surface area contributed by atoms with Gasteiger partial charge in [0, 0.05) is 12.5 Å². The van der Waals surface area contributed by atoms with Crippen LogP contribution in [0.5, 0.6) is 0 Å². The van der Waals surface area contributed by atoms with Gasteiger partial charge in [0.05, 0.1) is 38.3 Å². The standard InChI is InChI=1S/C20H30N3O6P/c1-4-27-30(25,28-5-2)14-12-18(29-23-13-11-19(21)22-20(23)24)16(3)26-15-17-9-7-6-8-10-17/h6-11,13,16,18H,4-5,12,14-15H2,1-3H3,(H2,21,22,24)/t16-,18+/m0/s1. The highest BCUT2D eigenvalue weighted by atomic mass is 31.2. The molecule has 1 aromatic heterocycles. The molecule has 2 aromatic rings. The first-order valence-electron chi connectivity index (χ1n) is 9.93. The largest absolute Gasteiger partial charge is 0.404 e. The summed E-state index contributed by atoms with van der Waals surface area (Å²) in [5.74, 6) is 0.0990. The zero-order chi connectivity index (χ0) is 22.0. The lowest BCUT2D eigenvalue weighted by molar-refractivity contribution is -0.0800. The number of hydrogen-bond acceptors (Lipinski definition) is 8. The average molecular weight is 439 g/mol. The molecule has 2 N–H and O–H groups in total. The molecule has 166 valence electrons. The summed E-state index contributed by atoms with van der Waals surface area (Å²) in [6, 6.07) is 11.1. The Morgan fingerprint density at radius 1 is 1.13 bits per heavy atom. The van der Waals surface area contributed by atoms with Gasteiger partial charge in [-0.3, -0.25) is 4.57 Å². The van der Waals surface area contributed by atoms with Crippen molar-refractivity contribution in [3.05, 3.63) is 58.6 Å². The molecule has 0 saturated heterocycles. The summed E-state index contributed by atoms with van der Waals surface area (Å²) < 4.78 is 30.5. The van der Waals surface area contributed by atoms with Crippen molar-refractivity contribution in [1.82, 2.24) is 9.71 Å². The van der Waals surface area contributed by atoms with Crippen LogP contribution in [0.2, 0.25) is 0 Å². The van der Waals surface area contributed by atoms with E-state index in [-0.39, 0.29) is 31.6 Å². The van der Waals surface area contributed by atoms with Crippen molar-refractivity contribution in [3.63, 3.8) is 0 Å². The summed E-state index contributed by atoms with van der Waals surface area (Å²) >= 11 is 0. The first-order valence-corrected chi connectivity index (χ1v) is 11.7. The van der Waals surface area contributed by atoms with Gasteiger partial charge in [-0.15, -0.1) is 4.73 Å². The molecule has 0 fully saturated rings. The summed E-state index contributed by atoms with van der Waals surface area (Å²) in [7, 11) is -3.27. The second-order valence-electron chi connectivity index (χ2n) is 6.57. The number of ether oxygens (including phenoxy) is 1. The van der Waals surface area contributed by atoms with Crippen LogP contribution in [0.1, 0.15) is 32.8 Å². The number of nitrogen functional groups attached to an aromatic ring is 1. The van der Waals surface area contributed by atoms with E-state index < -0.39 is 25.5 Å². The zero-order valence-corrected chi connectivity index (χ0v) is 18.5. The third-order valence-electron chi connectivity index (χ3n) is 4.26. The highest BCUT2D eigenvalue weighted by molar-refractivity contribution is 7.53. The van der Waals surface area contributed by atoms with Gasteiger partial charge >= 0.3 is 13.3 Å². The predicted molar refractivity (Wildman–Crippen MR) is 114 cm³/mol. The second-order valence-corrected chi connectivity index (χ2v) is 8.75. The smallest absolute Gasteiger partial charge is 0.382 e. The first kappa shape index (κ1) is 24.1. The van der Waals surface area contributed by atoms with E-state index in [0.29, 0.717) is 6.61 Å². The van der Waals surface area contributed by atoms with Crippen LogP contribution in [0.4, 0.5) is 5.82 Å². The Hall–Kier alpha value is -2.19. The van der Waals surface area contributed by atoms with E-state index >= 15 is 0 Å². The molecule has 30 heavy (non-hydrogen) atoms. The Morgan fingerprint density at radius 2 is 1.80 bits per heavy atom. The van der Waals surface area contributed by atoms with Crippen LogP contribution in [0, 0.1) is 0 Å². The van der Waals surface area contributed by atoms with Gasteiger partial charge in [0.15, 0.2) is 6.10 Å². The normalized spacial score (nSPS) is 13.7. The summed E-state index contributed by atoms with van der Waals surface area (Å²) in [5, 5.41) is 0. The van der Waals surface area contributed by atoms with Gasteiger partial charge in [-0.2, -0.15) is 4.98 Å². The van der Waals surface area contributed by atoms with Crippen molar-refractivity contribution in [2.45, 2.75) is 46.0 Å². The van der Waals surface area contributed by atoms with Crippen molar-refractivity contribution in [1.29, 1.82) is 0 Å². The van der Waals surface area contributed by atoms with Gasteiger partial charge in [-0.1, -0.05) is 30.3 Å². The van der Waals surface area contributed by atoms with E-state index in [2.05, 4.69) is 4.98 Å². The lowest BCUT2D eigenvalue weighted by atomic mass is 10.2. The molecule has 0 saturated carbocycles. The van der Waals surface area contributed by atoms with Crippen molar-refractivity contribution >= 4 is 13.4 Å². The maximum Gasteiger partial charge on any atom is 0.382 e. The molecule has 0 bridgehead atoms. The van der Waals surface area contributed by atoms with Gasteiger partial charge in [-0.05, 0) is 26.3 Å². The fourth-order valence-electron chi connectivity index (χ4n) is 2.76. The Labute approximate surface area is 176 Å². The molecule has 0 amide bonds. The van der Waals surface area contributed by atoms with Crippen LogP contribution in [0.15, 0.2) is 47.4 Å². The lowest BCUT2D eigenvalue weighted by Gasteiger charge is -2.26. The number of rotatable bonds is 13. The van der Waals surface area contributed by atoms with Crippen LogP contribution in [0.3, 0.4) is 0 Å². The molecule has 0 aliphatic heterocycles. The monoisotopic (exact) mass is 439 g/mol. The van der Waals surface area contributed by atoms with E-state index in [4.69, 9.17) is 24.4 Å². The van der Waals surface area contributed by atoms with E-state index in [0.717, 1.165) is 10.3 Å². The lowest BCUT2D eigenvalue weighted by Crippen LogP contribution is -2.41.